The van der Waals surface area contributed by atoms with Crippen molar-refractivity contribution in [3.05, 3.63) is 11.6 Å². The fourth-order valence-corrected chi connectivity index (χ4v) is 1.22. The summed E-state index contributed by atoms with van der Waals surface area (Å²) in [6.45, 7) is 6.28. The van der Waals surface area contributed by atoms with Gasteiger partial charge in [-0.05, 0) is 25.5 Å². The van der Waals surface area contributed by atoms with E-state index in [0.29, 0.717) is 6.04 Å². The zero-order valence-corrected chi connectivity index (χ0v) is 7.95. The van der Waals surface area contributed by atoms with Gasteiger partial charge in [0.15, 0.2) is 6.29 Å². The van der Waals surface area contributed by atoms with Crippen molar-refractivity contribution in [1.82, 2.24) is 4.90 Å². The Hall–Kier alpha value is -0.380. The molecular formula is C9H17NO2. The quantitative estimate of drug-likeness (QED) is 0.498. The van der Waals surface area contributed by atoms with Gasteiger partial charge in [0.2, 0.25) is 0 Å². The van der Waals surface area contributed by atoms with Crippen LogP contribution in [0.2, 0.25) is 0 Å². The molecule has 12 heavy (non-hydrogen) atoms. The number of ether oxygens (including phenoxy) is 1. The zero-order chi connectivity index (χ0) is 9.14. The molecule has 70 valence electrons. The number of aliphatic hydroxyl groups excluding tert-OH is 1. The van der Waals surface area contributed by atoms with Crippen LogP contribution < -0.4 is 0 Å². The van der Waals surface area contributed by atoms with E-state index in [1.54, 1.807) is 6.08 Å². The van der Waals surface area contributed by atoms with Crippen LogP contribution >= 0.6 is 0 Å². The molecule has 0 radical (unpaired) electrons. The summed E-state index contributed by atoms with van der Waals surface area (Å²) in [5.74, 6) is 0. The molecule has 0 aromatic carbocycles. The lowest BCUT2D eigenvalue weighted by molar-refractivity contribution is -0.0374. The van der Waals surface area contributed by atoms with Crippen molar-refractivity contribution in [3.63, 3.8) is 0 Å². The highest BCUT2D eigenvalue weighted by molar-refractivity contribution is 5.16. The molecule has 1 aliphatic heterocycles. The van der Waals surface area contributed by atoms with Crippen LogP contribution in [0.1, 0.15) is 13.8 Å². The number of hydrogen-bond acceptors (Lipinski definition) is 3. The molecule has 0 saturated carbocycles. The average Bonchev–Trinajstić information content (AvgIpc) is 1.94. The Kier molecular flexibility index (Phi) is 3.26. The zero-order valence-electron chi connectivity index (χ0n) is 7.95. The lowest BCUT2D eigenvalue weighted by Gasteiger charge is -2.37. The maximum absolute atomic E-state index is 9.10. The van der Waals surface area contributed by atoms with Crippen LogP contribution in [0.5, 0.6) is 0 Å². The molecule has 3 heteroatoms. The number of aliphatic hydroxyl groups is 1. The largest absolute Gasteiger partial charge is 0.365 e. The molecule has 0 aromatic heterocycles. The molecule has 1 N–H and O–H groups in total. The molecule has 1 saturated heterocycles. The van der Waals surface area contributed by atoms with Crippen molar-refractivity contribution in [3.8, 4) is 0 Å². The summed E-state index contributed by atoms with van der Waals surface area (Å²) in [5, 5.41) is 9.10. The molecule has 0 amide bonds. The van der Waals surface area contributed by atoms with Crippen LogP contribution in [0.25, 0.3) is 0 Å². The Morgan fingerprint density at radius 2 is 2.08 bits per heavy atom. The van der Waals surface area contributed by atoms with Crippen LogP contribution in [-0.2, 0) is 4.74 Å². The summed E-state index contributed by atoms with van der Waals surface area (Å²) in [6, 6.07) is 0.599. The summed E-state index contributed by atoms with van der Waals surface area (Å²) in [5.41, 5.74) is 1.26. The predicted octanol–water partition coefficient (Wildman–Crippen LogP) is 0.602. The van der Waals surface area contributed by atoms with E-state index in [2.05, 4.69) is 18.7 Å². The van der Waals surface area contributed by atoms with Gasteiger partial charge in [-0.2, -0.15) is 0 Å². The second kappa shape index (κ2) is 4.03. The van der Waals surface area contributed by atoms with E-state index in [-0.39, 0.29) is 0 Å². The van der Waals surface area contributed by atoms with Crippen LogP contribution in [-0.4, -0.2) is 42.5 Å². The molecule has 3 nitrogen and oxygen atoms in total. The van der Waals surface area contributed by atoms with E-state index in [1.807, 2.05) is 0 Å². The van der Waals surface area contributed by atoms with Gasteiger partial charge >= 0.3 is 0 Å². The minimum atomic E-state index is -0.727. The number of methoxy groups -OCH3 is 1. The Labute approximate surface area is 73.6 Å². The molecule has 1 heterocycles. The second-order valence-electron chi connectivity index (χ2n) is 3.45. The predicted molar refractivity (Wildman–Crippen MR) is 47.8 cm³/mol. The lowest BCUT2D eigenvalue weighted by Crippen LogP contribution is -2.44. The van der Waals surface area contributed by atoms with Crippen LogP contribution in [0, 0.1) is 0 Å². The van der Waals surface area contributed by atoms with Crippen molar-refractivity contribution in [2.75, 3.05) is 20.2 Å². The van der Waals surface area contributed by atoms with Crippen molar-refractivity contribution in [2.24, 2.45) is 0 Å². The minimum absolute atomic E-state index is 0.599. The number of hydrogen-bond donors (Lipinski definition) is 1. The molecule has 0 spiro atoms. The van der Waals surface area contributed by atoms with Gasteiger partial charge in [-0.25, -0.2) is 0 Å². The summed E-state index contributed by atoms with van der Waals surface area (Å²) in [4.78, 5) is 2.33. The van der Waals surface area contributed by atoms with Gasteiger partial charge < -0.3 is 9.84 Å². The Morgan fingerprint density at radius 3 is 2.50 bits per heavy atom. The molecule has 1 rings (SSSR count). The first-order valence-corrected chi connectivity index (χ1v) is 4.28. The maximum atomic E-state index is 9.10. The van der Waals surface area contributed by atoms with E-state index in [4.69, 9.17) is 9.84 Å². The van der Waals surface area contributed by atoms with Gasteiger partial charge in [-0.3, -0.25) is 4.90 Å². The molecule has 0 bridgehead atoms. The highest BCUT2D eigenvalue weighted by atomic mass is 16.6. The highest BCUT2D eigenvalue weighted by Crippen LogP contribution is 2.17. The van der Waals surface area contributed by atoms with E-state index in [1.165, 1.54) is 12.7 Å². The fourth-order valence-electron chi connectivity index (χ4n) is 1.22. The third-order valence-electron chi connectivity index (χ3n) is 2.16. The van der Waals surface area contributed by atoms with Gasteiger partial charge in [0.25, 0.3) is 0 Å². The number of likely N-dealkylation sites (tertiary alicyclic amines) is 1. The van der Waals surface area contributed by atoms with E-state index in [0.717, 1.165) is 13.1 Å². The molecular weight excluding hydrogens is 154 g/mol. The fraction of sp³-hybridized carbons (Fsp3) is 0.778. The van der Waals surface area contributed by atoms with Gasteiger partial charge in [-0.1, -0.05) is 0 Å². The molecule has 1 fully saturated rings. The number of rotatable bonds is 3. The normalized spacial score (nSPS) is 20.9. The van der Waals surface area contributed by atoms with Crippen molar-refractivity contribution in [1.29, 1.82) is 0 Å². The first kappa shape index (κ1) is 9.71. The minimum Gasteiger partial charge on any atom is -0.365 e. The van der Waals surface area contributed by atoms with Crippen molar-refractivity contribution in [2.45, 2.75) is 26.2 Å². The van der Waals surface area contributed by atoms with Crippen molar-refractivity contribution >= 4 is 0 Å². The Balaban J connectivity index is 2.28. The smallest absolute Gasteiger partial charge is 0.174 e. The SMILES string of the molecule is COC(O)C=C1CN(C(C)C)C1. The van der Waals surface area contributed by atoms with E-state index >= 15 is 0 Å². The van der Waals surface area contributed by atoms with Crippen molar-refractivity contribution < 1.29 is 9.84 Å². The molecule has 1 atom stereocenters. The van der Waals surface area contributed by atoms with E-state index < -0.39 is 6.29 Å². The Bertz CT molecular complexity index is 169. The van der Waals surface area contributed by atoms with Gasteiger partial charge in [0, 0.05) is 26.2 Å². The summed E-state index contributed by atoms with van der Waals surface area (Å²) in [7, 11) is 1.50. The summed E-state index contributed by atoms with van der Waals surface area (Å²) < 4.78 is 4.71. The Morgan fingerprint density at radius 1 is 1.50 bits per heavy atom. The first-order valence-electron chi connectivity index (χ1n) is 4.28. The lowest BCUT2D eigenvalue weighted by atomic mass is 10.1. The van der Waals surface area contributed by atoms with Gasteiger partial charge in [-0.15, -0.1) is 0 Å². The second-order valence-corrected chi connectivity index (χ2v) is 3.45. The maximum Gasteiger partial charge on any atom is 0.174 e. The van der Waals surface area contributed by atoms with E-state index in [9.17, 15) is 0 Å². The first-order chi connectivity index (χ1) is 5.63. The monoisotopic (exact) mass is 171 g/mol. The van der Waals surface area contributed by atoms with Gasteiger partial charge in [0.05, 0.1) is 0 Å². The van der Waals surface area contributed by atoms with Crippen LogP contribution in [0.15, 0.2) is 11.6 Å². The topological polar surface area (TPSA) is 32.7 Å². The van der Waals surface area contributed by atoms with Crippen LogP contribution in [0.3, 0.4) is 0 Å². The third kappa shape index (κ3) is 2.30. The standard InChI is InChI=1S/C9H17NO2/c1-7(2)10-5-8(6-10)4-9(11)12-3/h4,7,9,11H,5-6H2,1-3H3. The molecule has 0 aliphatic carbocycles. The summed E-state index contributed by atoms with van der Waals surface area (Å²) in [6.07, 6.45) is 1.05. The molecule has 1 aliphatic rings. The average molecular weight is 171 g/mol. The molecule has 0 aromatic rings. The number of nitrogens with zero attached hydrogens (tertiary/aromatic N) is 1. The van der Waals surface area contributed by atoms with Gasteiger partial charge in [0.1, 0.15) is 0 Å². The summed E-state index contributed by atoms with van der Waals surface area (Å²) >= 11 is 0. The third-order valence-corrected chi connectivity index (χ3v) is 2.16. The highest BCUT2D eigenvalue weighted by Gasteiger charge is 2.22. The molecule has 1 unspecified atom stereocenters. The van der Waals surface area contributed by atoms with Crippen LogP contribution in [0.4, 0.5) is 0 Å².